The summed E-state index contributed by atoms with van der Waals surface area (Å²) in [5.74, 6) is 1.48. The van der Waals surface area contributed by atoms with E-state index in [0.29, 0.717) is 25.1 Å². The van der Waals surface area contributed by atoms with Crippen molar-refractivity contribution >= 4 is 5.91 Å². The highest BCUT2D eigenvalue weighted by molar-refractivity contribution is 5.94. The van der Waals surface area contributed by atoms with Gasteiger partial charge >= 0.3 is 0 Å². The number of nitrogens with zero attached hydrogens (tertiary/aromatic N) is 3. The molecular weight excluding hydrogens is 304 g/mol. The summed E-state index contributed by atoms with van der Waals surface area (Å²) in [4.78, 5) is 16.5. The fraction of sp³-hybridized carbons (Fsp3) is 0.500. The van der Waals surface area contributed by atoms with Crippen LogP contribution in [0.2, 0.25) is 0 Å². The normalized spacial score (nSPS) is 11.5. The van der Waals surface area contributed by atoms with Crippen molar-refractivity contribution in [2.75, 3.05) is 6.54 Å². The van der Waals surface area contributed by atoms with E-state index in [4.69, 9.17) is 0 Å². The van der Waals surface area contributed by atoms with Crippen LogP contribution in [0.15, 0.2) is 24.3 Å². The summed E-state index contributed by atoms with van der Waals surface area (Å²) in [6.45, 7) is 8.41. The highest BCUT2D eigenvalue weighted by Gasteiger charge is 2.13. The SMILES string of the molecule is Cc1nc(C)n(CCNC(=O)c2cccc(CCC(C)(C)O)c2)n1. The van der Waals surface area contributed by atoms with Crippen molar-refractivity contribution in [1.82, 2.24) is 20.1 Å². The number of carbonyl (C=O) groups excluding carboxylic acids is 1. The Labute approximate surface area is 142 Å². The predicted octanol–water partition coefficient (Wildman–Crippen LogP) is 2.03. The zero-order valence-corrected chi connectivity index (χ0v) is 14.8. The van der Waals surface area contributed by atoms with Gasteiger partial charge in [0.2, 0.25) is 0 Å². The molecular formula is C18H26N4O2. The topological polar surface area (TPSA) is 80.0 Å². The van der Waals surface area contributed by atoms with E-state index in [2.05, 4.69) is 15.4 Å². The molecule has 0 radical (unpaired) electrons. The second kappa shape index (κ2) is 7.57. The lowest BCUT2D eigenvalue weighted by Gasteiger charge is -2.16. The van der Waals surface area contributed by atoms with Crippen LogP contribution in [-0.2, 0) is 13.0 Å². The molecule has 0 fully saturated rings. The molecule has 1 heterocycles. The van der Waals surface area contributed by atoms with Crippen molar-refractivity contribution < 1.29 is 9.90 Å². The number of amides is 1. The minimum atomic E-state index is -0.702. The van der Waals surface area contributed by atoms with E-state index in [1.54, 1.807) is 24.6 Å². The maximum Gasteiger partial charge on any atom is 0.251 e. The largest absolute Gasteiger partial charge is 0.390 e. The van der Waals surface area contributed by atoms with E-state index < -0.39 is 5.60 Å². The Kier molecular flexibility index (Phi) is 5.72. The van der Waals surface area contributed by atoms with Crippen molar-refractivity contribution in [3.63, 3.8) is 0 Å². The molecule has 6 nitrogen and oxygen atoms in total. The lowest BCUT2D eigenvalue weighted by atomic mass is 9.98. The lowest BCUT2D eigenvalue weighted by molar-refractivity contribution is 0.0714. The molecule has 2 aromatic rings. The van der Waals surface area contributed by atoms with Gasteiger partial charge in [-0.2, -0.15) is 5.10 Å². The first kappa shape index (κ1) is 18.1. The standard InChI is InChI=1S/C18H26N4O2/c1-13-20-14(2)22(21-13)11-10-19-17(23)16-7-5-6-15(12-16)8-9-18(3,4)24/h5-7,12,24H,8-11H2,1-4H3,(H,19,23). The van der Waals surface area contributed by atoms with Gasteiger partial charge < -0.3 is 10.4 Å². The summed E-state index contributed by atoms with van der Waals surface area (Å²) in [6.07, 6.45) is 1.39. The van der Waals surface area contributed by atoms with E-state index >= 15 is 0 Å². The molecule has 1 aromatic carbocycles. The molecule has 2 N–H and O–H groups in total. The first-order valence-electron chi connectivity index (χ1n) is 8.22. The van der Waals surface area contributed by atoms with Crippen LogP contribution in [0.4, 0.5) is 0 Å². The van der Waals surface area contributed by atoms with Gasteiger partial charge in [-0.25, -0.2) is 9.67 Å². The van der Waals surface area contributed by atoms with Crippen LogP contribution in [0.3, 0.4) is 0 Å². The monoisotopic (exact) mass is 330 g/mol. The third-order valence-corrected chi connectivity index (χ3v) is 3.79. The minimum Gasteiger partial charge on any atom is -0.390 e. The van der Waals surface area contributed by atoms with Crippen LogP contribution >= 0.6 is 0 Å². The number of carbonyl (C=O) groups is 1. The van der Waals surface area contributed by atoms with Crippen LogP contribution in [0.5, 0.6) is 0 Å². The summed E-state index contributed by atoms with van der Waals surface area (Å²) < 4.78 is 1.79. The fourth-order valence-electron chi connectivity index (χ4n) is 2.47. The molecule has 6 heteroatoms. The maximum absolute atomic E-state index is 12.3. The van der Waals surface area contributed by atoms with Gasteiger partial charge in [-0.05, 0) is 58.2 Å². The van der Waals surface area contributed by atoms with Crippen molar-refractivity contribution in [3.05, 3.63) is 47.0 Å². The number of aryl methyl sites for hydroxylation is 3. The quantitative estimate of drug-likeness (QED) is 0.814. The Morgan fingerprint density at radius 1 is 1.33 bits per heavy atom. The molecule has 0 saturated carbocycles. The Morgan fingerprint density at radius 2 is 2.08 bits per heavy atom. The van der Waals surface area contributed by atoms with Crippen LogP contribution in [0.1, 0.15) is 47.8 Å². The van der Waals surface area contributed by atoms with Crippen LogP contribution in [0, 0.1) is 13.8 Å². The van der Waals surface area contributed by atoms with Gasteiger partial charge in [-0.3, -0.25) is 4.79 Å². The molecule has 0 atom stereocenters. The zero-order valence-electron chi connectivity index (χ0n) is 14.8. The molecule has 0 saturated heterocycles. The lowest BCUT2D eigenvalue weighted by Crippen LogP contribution is -2.28. The summed E-state index contributed by atoms with van der Waals surface area (Å²) in [5.41, 5.74) is 0.980. The number of hydrogen-bond donors (Lipinski definition) is 2. The average molecular weight is 330 g/mol. The van der Waals surface area contributed by atoms with E-state index in [1.165, 1.54) is 0 Å². The van der Waals surface area contributed by atoms with Crippen LogP contribution in [0.25, 0.3) is 0 Å². The summed E-state index contributed by atoms with van der Waals surface area (Å²) >= 11 is 0. The zero-order chi connectivity index (χ0) is 17.7. The number of benzene rings is 1. The van der Waals surface area contributed by atoms with E-state index in [1.807, 2.05) is 32.0 Å². The van der Waals surface area contributed by atoms with Crippen molar-refractivity contribution in [3.8, 4) is 0 Å². The van der Waals surface area contributed by atoms with Gasteiger partial charge in [-0.15, -0.1) is 0 Å². The summed E-state index contributed by atoms with van der Waals surface area (Å²) in [7, 11) is 0. The third-order valence-electron chi connectivity index (χ3n) is 3.79. The van der Waals surface area contributed by atoms with Gasteiger partial charge in [0, 0.05) is 12.1 Å². The van der Waals surface area contributed by atoms with E-state index in [-0.39, 0.29) is 5.91 Å². The molecule has 0 bridgehead atoms. The second-order valence-electron chi connectivity index (χ2n) is 6.70. The van der Waals surface area contributed by atoms with Gasteiger partial charge in [0.05, 0.1) is 12.1 Å². The molecule has 0 aliphatic rings. The van der Waals surface area contributed by atoms with Crippen molar-refractivity contribution in [1.29, 1.82) is 0 Å². The third kappa shape index (κ3) is 5.45. The molecule has 2 rings (SSSR count). The Hall–Kier alpha value is -2.21. The first-order chi connectivity index (χ1) is 11.2. The number of hydrogen-bond acceptors (Lipinski definition) is 4. The molecule has 1 amide bonds. The number of aromatic nitrogens is 3. The minimum absolute atomic E-state index is 0.102. The number of nitrogens with one attached hydrogen (secondary N) is 1. The van der Waals surface area contributed by atoms with Crippen molar-refractivity contribution in [2.45, 2.75) is 52.7 Å². The molecule has 0 aliphatic carbocycles. The van der Waals surface area contributed by atoms with E-state index in [9.17, 15) is 9.90 Å². The molecule has 0 spiro atoms. The molecule has 1 aromatic heterocycles. The first-order valence-corrected chi connectivity index (χ1v) is 8.22. The highest BCUT2D eigenvalue weighted by atomic mass is 16.3. The van der Waals surface area contributed by atoms with Crippen LogP contribution < -0.4 is 5.32 Å². The smallest absolute Gasteiger partial charge is 0.251 e. The second-order valence-corrected chi connectivity index (χ2v) is 6.70. The molecule has 0 aliphatic heterocycles. The molecule has 0 unspecified atom stereocenters. The van der Waals surface area contributed by atoms with Crippen molar-refractivity contribution in [2.24, 2.45) is 0 Å². The highest BCUT2D eigenvalue weighted by Crippen LogP contribution is 2.14. The van der Waals surface area contributed by atoms with E-state index in [0.717, 1.165) is 23.6 Å². The summed E-state index contributed by atoms with van der Waals surface area (Å²) in [5, 5.41) is 17.0. The van der Waals surface area contributed by atoms with Gasteiger partial charge in [0.15, 0.2) is 0 Å². The Morgan fingerprint density at radius 3 is 2.71 bits per heavy atom. The van der Waals surface area contributed by atoms with Gasteiger partial charge in [0.25, 0.3) is 5.91 Å². The maximum atomic E-state index is 12.3. The average Bonchev–Trinajstić information content (AvgIpc) is 2.82. The predicted molar refractivity (Wildman–Crippen MR) is 92.9 cm³/mol. The van der Waals surface area contributed by atoms with Gasteiger partial charge in [0.1, 0.15) is 11.6 Å². The Bertz CT molecular complexity index is 701. The fourth-order valence-corrected chi connectivity index (χ4v) is 2.47. The van der Waals surface area contributed by atoms with Gasteiger partial charge in [-0.1, -0.05) is 12.1 Å². The van der Waals surface area contributed by atoms with Crippen LogP contribution in [-0.4, -0.2) is 37.9 Å². The molecule has 130 valence electrons. The summed E-state index contributed by atoms with van der Waals surface area (Å²) in [6, 6.07) is 7.53. The number of rotatable bonds is 7. The molecule has 24 heavy (non-hydrogen) atoms. The Balaban J connectivity index is 1.89. The number of aliphatic hydroxyl groups is 1.